The van der Waals surface area contributed by atoms with Crippen molar-refractivity contribution < 1.29 is 13.2 Å². The fourth-order valence-electron chi connectivity index (χ4n) is 2.22. The molecule has 2 rings (SSSR count). The molecular formula is C18H21NO3S. The van der Waals surface area contributed by atoms with Crippen molar-refractivity contribution >= 4 is 15.8 Å². The summed E-state index contributed by atoms with van der Waals surface area (Å²) in [5.74, 6) is -0.0857. The first kappa shape index (κ1) is 17.4. The van der Waals surface area contributed by atoms with Gasteiger partial charge in [0.05, 0.1) is 4.90 Å². The summed E-state index contributed by atoms with van der Waals surface area (Å²) in [5.41, 5.74) is 2.86. The van der Waals surface area contributed by atoms with E-state index in [1.807, 2.05) is 12.1 Å². The number of benzene rings is 2. The minimum atomic E-state index is -3.55. The molecule has 122 valence electrons. The highest BCUT2D eigenvalue weighted by molar-refractivity contribution is 7.89. The van der Waals surface area contributed by atoms with E-state index in [0.717, 1.165) is 12.0 Å². The van der Waals surface area contributed by atoms with Crippen LogP contribution >= 0.6 is 0 Å². The van der Waals surface area contributed by atoms with E-state index in [4.69, 9.17) is 0 Å². The summed E-state index contributed by atoms with van der Waals surface area (Å²) >= 11 is 0. The van der Waals surface area contributed by atoms with Crippen LogP contribution in [0.3, 0.4) is 0 Å². The van der Waals surface area contributed by atoms with Crippen molar-refractivity contribution in [2.75, 3.05) is 6.54 Å². The van der Waals surface area contributed by atoms with Gasteiger partial charge in [0, 0.05) is 12.1 Å². The molecule has 0 aliphatic carbocycles. The van der Waals surface area contributed by atoms with Gasteiger partial charge in [0.2, 0.25) is 10.0 Å². The molecule has 1 N–H and O–H groups in total. The molecule has 0 aliphatic heterocycles. The predicted molar refractivity (Wildman–Crippen MR) is 91.2 cm³/mol. The lowest BCUT2D eigenvalue weighted by Gasteiger charge is -2.08. The second-order valence-electron chi connectivity index (χ2n) is 5.40. The van der Waals surface area contributed by atoms with Crippen LogP contribution in [-0.4, -0.2) is 20.7 Å². The Bertz CT molecular complexity index is 763. The van der Waals surface area contributed by atoms with Crippen LogP contribution in [-0.2, 0) is 22.9 Å². The smallest absolute Gasteiger partial charge is 0.240 e. The van der Waals surface area contributed by atoms with Crippen molar-refractivity contribution in [1.82, 2.24) is 4.72 Å². The Morgan fingerprint density at radius 3 is 2.04 bits per heavy atom. The van der Waals surface area contributed by atoms with Crippen LogP contribution in [0.1, 0.15) is 35.3 Å². The summed E-state index contributed by atoms with van der Waals surface area (Å²) in [7, 11) is -3.55. The number of Topliss-reactive ketones (excluding diaryl/α,β-unsaturated/α-hetero) is 1. The van der Waals surface area contributed by atoms with E-state index in [1.165, 1.54) is 36.8 Å². The molecule has 0 bridgehead atoms. The van der Waals surface area contributed by atoms with E-state index in [9.17, 15) is 13.2 Å². The molecule has 0 heterocycles. The van der Waals surface area contributed by atoms with Gasteiger partial charge in [0.25, 0.3) is 0 Å². The molecular weight excluding hydrogens is 310 g/mol. The number of hydrogen-bond acceptors (Lipinski definition) is 3. The van der Waals surface area contributed by atoms with Crippen LogP contribution in [0.15, 0.2) is 53.4 Å². The summed E-state index contributed by atoms with van der Waals surface area (Å²) < 4.78 is 27.0. The van der Waals surface area contributed by atoms with Gasteiger partial charge in [0.1, 0.15) is 0 Å². The average molecular weight is 331 g/mol. The van der Waals surface area contributed by atoms with Gasteiger partial charge >= 0.3 is 0 Å². The number of carbonyl (C=O) groups excluding carboxylic acids is 1. The largest absolute Gasteiger partial charge is 0.295 e. The van der Waals surface area contributed by atoms with E-state index in [1.54, 1.807) is 0 Å². The molecule has 0 aliphatic rings. The Kier molecular flexibility index (Phi) is 5.69. The predicted octanol–water partition coefficient (Wildman–Crippen LogP) is 2.97. The van der Waals surface area contributed by atoms with E-state index >= 15 is 0 Å². The maximum absolute atomic E-state index is 12.2. The van der Waals surface area contributed by atoms with E-state index in [2.05, 4.69) is 23.8 Å². The SMILES string of the molecule is CCc1ccc(CCNS(=O)(=O)c2ccc(C(C)=O)cc2)cc1. The van der Waals surface area contributed by atoms with Crippen LogP contribution < -0.4 is 4.72 Å². The van der Waals surface area contributed by atoms with Crippen LogP contribution in [0.4, 0.5) is 0 Å². The van der Waals surface area contributed by atoms with Crippen LogP contribution in [0, 0.1) is 0 Å². The average Bonchev–Trinajstić information content (AvgIpc) is 2.55. The molecule has 23 heavy (non-hydrogen) atoms. The number of nitrogens with one attached hydrogen (secondary N) is 1. The van der Waals surface area contributed by atoms with Crippen LogP contribution in [0.2, 0.25) is 0 Å². The molecule has 0 saturated carbocycles. The molecule has 5 heteroatoms. The lowest BCUT2D eigenvalue weighted by Crippen LogP contribution is -2.26. The third-order valence-electron chi connectivity index (χ3n) is 3.71. The Labute approximate surface area is 137 Å². The zero-order valence-corrected chi connectivity index (χ0v) is 14.2. The van der Waals surface area contributed by atoms with Gasteiger partial charge in [-0.05, 0) is 43.0 Å². The Morgan fingerprint density at radius 2 is 1.52 bits per heavy atom. The third-order valence-corrected chi connectivity index (χ3v) is 5.19. The maximum atomic E-state index is 12.2. The standard InChI is InChI=1S/C18H21NO3S/c1-3-15-4-6-16(7-5-15)12-13-19-23(21,22)18-10-8-17(9-11-18)14(2)20/h4-11,19H,3,12-13H2,1-2H3. The summed E-state index contributed by atoms with van der Waals surface area (Å²) in [4.78, 5) is 11.4. The van der Waals surface area contributed by atoms with Crippen molar-refractivity contribution in [1.29, 1.82) is 0 Å². The van der Waals surface area contributed by atoms with Gasteiger partial charge in [-0.1, -0.05) is 43.3 Å². The van der Waals surface area contributed by atoms with Gasteiger partial charge < -0.3 is 0 Å². The van der Waals surface area contributed by atoms with E-state index in [-0.39, 0.29) is 10.7 Å². The first-order valence-corrected chi connectivity index (χ1v) is 9.09. The zero-order chi connectivity index (χ0) is 16.9. The maximum Gasteiger partial charge on any atom is 0.240 e. The molecule has 0 spiro atoms. The van der Waals surface area contributed by atoms with Crippen molar-refractivity contribution in [3.05, 3.63) is 65.2 Å². The molecule has 4 nitrogen and oxygen atoms in total. The van der Waals surface area contributed by atoms with Gasteiger partial charge in [-0.15, -0.1) is 0 Å². The Hall–Kier alpha value is -1.98. The van der Waals surface area contributed by atoms with Crippen molar-refractivity contribution in [3.63, 3.8) is 0 Å². The summed E-state index contributed by atoms with van der Waals surface area (Å²) in [5, 5.41) is 0. The van der Waals surface area contributed by atoms with Crippen LogP contribution in [0.25, 0.3) is 0 Å². The quantitative estimate of drug-likeness (QED) is 0.793. The number of ketones is 1. The van der Waals surface area contributed by atoms with Crippen molar-refractivity contribution in [2.45, 2.75) is 31.6 Å². The lowest BCUT2D eigenvalue weighted by molar-refractivity contribution is 0.101. The summed E-state index contributed by atoms with van der Waals surface area (Å²) in [6, 6.07) is 14.1. The van der Waals surface area contributed by atoms with Gasteiger partial charge in [-0.25, -0.2) is 13.1 Å². The molecule has 0 saturated heterocycles. The number of hydrogen-bond donors (Lipinski definition) is 1. The molecule has 0 fully saturated rings. The fourth-order valence-corrected chi connectivity index (χ4v) is 3.26. The van der Waals surface area contributed by atoms with Gasteiger partial charge in [0.15, 0.2) is 5.78 Å². The molecule has 0 radical (unpaired) electrons. The molecule has 2 aromatic carbocycles. The highest BCUT2D eigenvalue weighted by atomic mass is 32.2. The monoisotopic (exact) mass is 331 g/mol. The number of carbonyl (C=O) groups is 1. The minimum Gasteiger partial charge on any atom is -0.295 e. The topological polar surface area (TPSA) is 63.2 Å². The van der Waals surface area contributed by atoms with Crippen molar-refractivity contribution in [2.24, 2.45) is 0 Å². The Balaban J connectivity index is 1.96. The fraction of sp³-hybridized carbons (Fsp3) is 0.278. The molecule has 0 atom stereocenters. The molecule has 2 aromatic rings. The normalized spacial score (nSPS) is 11.4. The summed E-state index contributed by atoms with van der Waals surface area (Å²) in [6.07, 6.45) is 1.62. The molecule has 0 amide bonds. The van der Waals surface area contributed by atoms with Crippen molar-refractivity contribution in [3.8, 4) is 0 Å². The molecule has 0 aromatic heterocycles. The number of aryl methyl sites for hydroxylation is 1. The highest BCUT2D eigenvalue weighted by Gasteiger charge is 2.13. The zero-order valence-electron chi connectivity index (χ0n) is 13.4. The second-order valence-corrected chi connectivity index (χ2v) is 7.17. The van der Waals surface area contributed by atoms with Gasteiger partial charge in [-0.2, -0.15) is 0 Å². The highest BCUT2D eigenvalue weighted by Crippen LogP contribution is 2.11. The second kappa shape index (κ2) is 7.53. The summed E-state index contributed by atoms with van der Waals surface area (Å²) in [6.45, 7) is 3.88. The minimum absolute atomic E-state index is 0.0857. The van der Waals surface area contributed by atoms with E-state index < -0.39 is 10.0 Å². The lowest BCUT2D eigenvalue weighted by atomic mass is 10.1. The van der Waals surface area contributed by atoms with E-state index in [0.29, 0.717) is 18.5 Å². The Morgan fingerprint density at radius 1 is 0.957 bits per heavy atom. The van der Waals surface area contributed by atoms with Crippen LogP contribution in [0.5, 0.6) is 0 Å². The third kappa shape index (κ3) is 4.74. The van der Waals surface area contributed by atoms with Gasteiger partial charge in [-0.3, -0.25) is 4.79 Å². The first-order chi connectivity index (χ1) is 10.9. The first-order valence-electron chi connectivity index (χ1n) is 7.61. The molecule has 0 unspecified atom stereocenters. The number of sulfonamides is 1. The number of rotatable bonds is 7.